The van der Waals surface area contributed by atoms with Crippen LogP contribution in [0.15, 0.2) is 24.3 Å². The Bertz CT molecular complexity index is 575. The van der Waals surface area contributed by atoms with E-state index in [0.717, 1.165) is 6.42 Å². The number of benzene rings is 1. The summed E-state index contributed by atoms with van der Waals surface area (Å²) in [6.07, 6.45) is 1.47. The first-order valence-corrected chi connectivity index (χ1v) is 6.55. The zero-order valence-corrected chi connectivity index (χ0v) is 11.3. The van der Waals surface area contributed by atoms with Crippen LogP contribution in [-0.2, 0) is 9.59 Å². The number of amides is 2. The van der Waals surface area contributed by atoms with Gasteiger partial charge in [0.25, 0.3) is 5.69 Å². The van der Waals surface area contributed by atoms with Crippen LogP contribution in [0.3, 0.4) is 0 Å². The number of nitro benzene ring substituents is 1. The molecule has 2 amide bonds. The van der Waals surface area contributed by atoms with Crippen LogP contribution in [0.2, 0.25) is 0 Å². The van der Waals surface area contributed by atoms with Gasteiger partial charge < -0.3 is 11.1 Å². The van der Waals surface area contributed by atoms with Crippen LogP contribution >= 0.6 is 0 Å². The maximum atomic E-state index is 11.9. The fraction of sp³-hybridized carbons (Fsp3) is 0.385. The molecule has 0 saturated carbocycles. The second-order valence-corrected chi connectivity index (χ2v) is 4.89. The molecular weight excluding hydrogens is 276 g/mol. The monoisotopic (exact) mass is 292 g/mol. The molecule has 8 heteroatoms. The van der Waals surface area contributed by atoms with E-state index < -0.39 is 16.9 Å². The summed E-state index contributed by atoms with van der Waals surface area (Å²) >= 11 is 0. The van der Waals surface area contributed by atoms with Gasteiger partial charge in [-0.05, 0) is 25.5 Å². The number of carbonyl (C=O) groups is 2. The van der Waals surface area contributed by atoms with Crippen molar-refractivity contribution in [1.82, 2.24) is 4.90 Å². The lowest BCUT2D eigenvalue weighted by atomic mass is 10.2. The summed E-state index contributed by atoms with van der Waals surface area (Å²) in [5, 5.41) is 13.3. The summed E-state index contributed by atoms with van der Waals surface area (Å²) in [5.74, 6) is -0.765. The number of primary amides is 1. The van der Waals surface area contributed by atoms with Gasteiger partial charge in [-0.15, -0.1) is 0 Å². The fourth-order valence-electron chi connectivity index (χ4n) is 2.42. The average Bonchev–Trinajstić information content (AvgIpc) is 2.87. The summed E-state index contributed by atoms with van der Waals surface area (Å²) in [6.45, 7) is 0.673. The Morgan fingerprint density at radius 1 is 1.48 bits per heavy atom. The SMILES string of the molecule is NC(=O)C1CCCN1CC(=O)Nc1cccc([N+](=O)[O-])c1. The number of nitrogens with one attached hydrogen (secondary N) is 1. The van der Waals surface area contributed by atoms with Crippen LogP contribution in [0, 0.1) is 10.1 Å². The maximum absolute atomic E-state index is 11.9. The Balaban J connectivity index is 1.97. The molecule has 0 radical (unpaired) electrons. The summed E-state index contributed by atoms with van der Waals surface area (Å²) in [5.41, 5.74) is 5.54. The van der Waals surface area contributed by atoms with Crippen molar-refractivity contribution in [2.24, 2.45) is 5.73 Å². The number of hydrogen-bond donors (Lipinski definition) is 2. The van der Waals surface area contributed by atoms with E-state index in [0.29, 0.717) is 18.7 Å². The number of likely N-dealkylation sites (tertiary alicyclic amines) is 1. The highest BCUT2D eigenvalue weighted by molar-refractivity contribution is 5.93. The Morgan fingerprint density at radius 3 is 2.90 bits per heavy atom. The van der Waals surface area contributed by atoms with Crippen LogP contribution in [0.25, 0.3) is 0 Å². The number of anilines is 1. The molecule has 0 aromatic heterocycles. The minimum atomic E-state index is -0.529. The van der Waals surface area contributed by atoms with Crippen molar-refractivity contribution in [3.8, 4) is 0 Å². The number of hydrogen-bond acceptors (Lipinski definition) is 5. The number of nitrogens with two attached hydrogens (primary N) is 1. The minimum Gasteiger partial charge on any atom is -0.368 e. The molecule has 1 saturated heterocycles. The van der Waals surface area contributed by atoms with Crippen molar-refractivity contribution in [2.45, 2.75) is 18.9 Å². The Hall–Kier alpha value is -2.48. The molecule has 1 fully saturated rings. The van der Waals surface area contributed by atoms with Crippen molar-refractivity contribution in [3.63, 3.8) is 0 Å². The molecule has 1 aromatic rings. The molecule has 2 rings (SSSR count). The molecule has 1 aliphatic heterocycles. The van der Waals surface area contributed by atoms with E-state index in [1.54, 1.807) is 11.0 Å². The van der Waals surface area contributed by atoms with Gasteiger partial charge in [-0.3, -0.25) is 24.6 Å². The number of carbonyl (C=O) groups excluding carboxylic acids is 2. The van der Waals surface area contributed by atoms with E-state index in [-0.39, 0.29) is 18.1 Å². The van der Waals surface area contributed by atoms with Gasteiger partial charge in [-0.2, -0.15) is 0 Å². The van der Waals surface area contributed by atoms with Crippen molar-refractivity contribution < 1.29 is 14.5 Å². The summed E-state index contributed by atoms with van der Waals surface area (Å²) in [7, 11) is 0. The van der Waals surface area contributed by atoms with Gasteiger partial charge in [0.05, 0.1) is 17.5 Å². The van der Waals surface area contributed by atoms with Crippen LogP contribution in [0.4, 0.5) is 11.4 Å². The standard InChI is InChI=1S/C13H16N4O4/c14-13(19)11-5-2-6-16(11)8-12(18)15-9-3-1-4-10(7-9)17(20)21/h1,3-4,7,11H,2,5-6,8H2,(H2,14,19)(H,15,18). The molecule has 0 spiro atoms. The van der Waals surface area contributed by atoms with Crippen molar-refractivity contribution in [1.29, 1.82) is 0 Å². The third-order valence-corrected chi connectivity index (χ3v) is 3.38. The van der Waals surface area contributed by atoms with Gasteiger partial charge in [0, 0.05) is 17.8 Å². The van der Waals surface area contributed by atoms with E-state index in [9.17, 15) is 19.7 Å². The first kappa shape index (κ1) is 14.9. The Morgan fingerprint density at radius 2 is 2.24 bits per heavy atom. The molecular formula is C13H16N4O4. The van der Waals surface area contributed by atoms with Crippen molar-refractivity contribution in [2.75, 3.05) is 18.4 Å². The number of nitrogens with zero attached hydrogens (tertiary/aromatic N) is 2. The lowest BCUT2D eigenvalue weighted by Gasteiger charge is -2.20. The van der Waals surface area contributed by atoms with E-state index in [1.165, 1.54) is 18.2 Å². The van der Waals surface area contributed by atoms with Crippen LogP contribution in [0.5, 0.6) is 0 Å². The molecule has 3 N–H and O–H groups in total. The third kappa shape index (κ3) is 3.76. The molecule has 1 atom stereocenters. The molecule has 0 bridgehead atoms. The molecule has 1 unspecified atom stereocenters. The van der Waals surface area contributed by atoms with E-state index in [1.807, 2.05) is 0 Å². The van der Waals surface area contributed by atoms with Crippen LogP contribution < -0.4 is 11.1 Å². The number of non-ortho nitro benzene ring substituents is 1. The first-order chi connectivity index (χ1) is 9.97. The number of nitro groups is 1. The Kier molecular flexibility index (Phi) is 4.49. The van der Waals surface area contributed by atoms with Crippen molar-refractivity contribution in [3.05, 3.63) is 34.4 Å². The second-order valence-electron chi connectivity index (χ2n) is 4.89. The van der Waals surface area contributed by atoms with Crippen LogP contribution in [0.1, 0.15) is 12.8 Å². The summed E-state index contributed by atoms with van der Waals surface area (Å²) in [4.78, 5) is 35.0. The largest absolute Gasteiger partial charge is 0.368 e. The van der Waals surface area contributed by atoms with Crippen LogP contribution in [-0.4, -0.2) is 40.8 Å². The minimum absolute atomic E-state index is 0.0380. The number of rotatable bonds is 5. The van der Waals surface area contributed by atoms with E-state index in [4.69, 9.17) is 5.73 Å². The highest BCUT2D eigenvalue weighted by Crippen LogP contribution is 2.19. The Labute approximate surface area is 121 Å². The zero-order chi connectivity index (χ0) is 15.4. The smallest absolute Gasteiger partial charge is 0.271 e. The molecule has 1 aromatic carbocycles. The molecule has 112 valence electrons. The van der Waals surface area contributed by atoms with Gasteiger partial charge in [-0.25, -0.2) is 0 Å². The van der Waals surface area contributed by atoms with Gasteiger partial charge in [0.1, 0.15) is 0 Å². The summed E-state index contributed by atoms with van der Waals surface area (Å²) < 4.78 is 0. The molecule has 1 aliphatic rings. The van der Waals surface area contributed by atoms with Gasteiger partial charge in [0.15, 0.2) is 0 Å². The molecule has 21 heavy (non-hydrogen) atoms. The lowest BCUT2D eigenvalue weighted by molar-refractivity contribution is -0.384. The zero-order valence-electron chi connectivity index (χ0n) is 11.3. The topological polar surface area (TPSA) is 119 Å². The predicted octanol–water partition coefficient (Wildman–Crippen LogP) is 0.483. The average molecular weight is 292 g/mol. The van der Waals surface area contributed by atoms with E-state index in [2.05, 4.69) is 5.32 Å². The molecule has 8 nitrogen and oxygen atoms in total. The normalized spacial score (nSPS) is 18.4. The van der Waals surface area contributed by atoms with Gasteiger partial charge in [0.2, 0.25) is 11.8 Å². The highest BCUT2D eigenvalue weighted by atomic mass is 16.6. The first-order valence-electron chi connectivity index (χ1n) is 6.55. The third-order valence-electron chi connectivity index (χ3n) is 3.38. The summed E-state index contributed by atoms with van der Waals surface area (Å²) in [6, 6.07) is 5.28. The molecule has 0 aliphatic carbocycles. The predicted molar refractivity (Wildman–Crippen MR) is 75.5 cm³/mol. The van der Waals surface area contributed by atoms with Gasteiger partial charge in [-0.1, -0.05) is 6.07 Å². The van der Waals surface area contributed by atoms with Gasteiger partial charge >= 0.3 is 0 Å². The molecule has 1 heterocycles. The lowest BCUT2D eigenvalue weighted by Crippen LogP contribution is -2.43. The quantitative estimate of drug-likeness (QED) is 0.604. The second kappa shape index (κ2) is 6.31. The highest BCUT2D eigenvalue weighted by Gasteiger charge is 2.30. The van der Waals surface area contributed by atoms with E-state index >= 15 is 0 Å². The van der Waals surface area contributed by atoms with Crippen molar-refractivity contribution >= 4 is 23.2 Å². The fourth-order valence-corrected chi connectivity index (χ4v) is 2.42. The maximum Gasteiger partial charge on any atom is 0.271 e.